The van der Waals surface area contributed by atoms with Crippen molar-refractivity contribution in [1.82, 2.24) is 9.97 Å². The molecule has 0 fully saturated rings. The number of anilines is 1. The Morgan fingerprint density at radius 3 is 2.53 bits per heavy atom. The second kappa shape index (κ2) is 5.26. The first-order valence-corrected chi connectivity index (χ1v) is 5.79. The Balaban J connectivity index is 2.65. The smallest absolute Gasteiger partial charge is 0.195 e. The predicted octanol–water partition coefficient (Wildman–Crippen LogP) is 3.10. The first kappa shape index (κ1) is 13.3. The van der Waals surface area contributed by atoms with Crippen LogP contribution in [0.2, 0.25) is 0 Å². The summed E-state index contributed by atoms with van der Waals surface area (Å²) in [6, 6.07) is 2.01. The fraction of sp³-hybridized carbons (Fsp3) is 0.231. The Labute approximate surface area is 108 Å². The number of nitrogens with two attached hydrogens (primary N) is 1. The van der Waals surface area contributed by atoms with Crippen LogP contribution in [-0.4, -0.2) is 9.97 Å². The monoisotopic (exact) mass is 267 g/mol. The first-order valence-electron chi connectivity index (χ1n) is 5.79. The van der Waals surface area contributed by atoms with Gasteiger partial charge < -0.3 is 5.73 Å². The molecule has 2 N–H and O–H groups in total. The van der Waals surface area contributed by atoms with Crippen LogP contribution in [0.5, 0.6) is 0 Å². The molecule has 100 valence electrons. The molecule has 2 rings (SSSR count). The highest BCUT2D eigenvalue weighted by Gasteiger charge is 2.19. The number of hydrogen-bond acceptors (Lipinski definition) is 3. The zero-order valence-electron chi connectivity index (χ0n) is 10.3. The summed E-state index contributed by atoms with van der Waals surface area (Å²) >= 11 is 0. The fourth-order valence-electron chi connectivity index (χ4n) is 1.86. The third-order valence-electron chi connectivity index (χ3n) is 2.77. The van der Waals surface area contributed by atoms with Crippen LogP contribution < -0.4 is 5.73 Å². The van der Waals surface area contributed by atoms with Gasteiger partial charge in [-0.25, -0.2) is 23.1 Å². The highest BCUT2D eigenvalue weighted by Crippen LogP contribution is 2.29. The van der Waals surface area contributed by atoms with Gasteiger partial charge >= 0.3 is 0 Å². The van der Waals surface area contributed by atoms with E-state index in [1.165, 1.54) is 6.33 Å². The Kier molecular flexibility index (Phi) is 3.69. The van der Waals surface area contributed by atoms with Gasteiger partial charge in [0.2, 0.25) is 0 Å². The van der Waals surface area contributed by atoms with Crippen molar-refractivity contribution in [3.05, 3.63) is 41.5 Å². The van der Waals surface area contributed by atoms with Gasteiger partial charge in [-0.15, -0.1) is 0 Å². The third kappa shape index (κ3) is 2.38. The second-order valence-corrected chi connectivity index (χ2v) is 4.06. The molecule has 2 aromatic rings. The number of aromatic nitrogens is 2. The molecule has 19 heavy (non-hydrogen) atoms. The Morgan fingerprint density at radius 2 is 1.84 bits per heavy atom. The molecule has 1 heterocycles. The average Bonchev–Trinajstić information content (AvgIpc) is 2.39. The Morgan fingerprint density at radius 1 is 1.11 bits per heavy atom. The largest absolute Gasteiger partial charge is 0.383 e. The molecule has 3 nitrogen and oxygen atoms in total. The molecule has 0 saturated heterocycles. The van der Waals surface area contributed by atoms with Crippen LogP contribution >= 0.6 is 0 Å². The standard InChI is InChI=1S/C13H12F3N3/c1-2-3-8-12(18-6-19-13(8)17)7-4-5-9(14)11(16)10(7)15/h4-6H,2-3H2,1H3,(H2,17,18,19). The number of nitrogens with zero attached hydrogens (tertiary/aromatic N) is 2. The average molecular weight is 267 g/mol. The van der Waals surface area contributed by atoms with Crippen LogP contribution in [-0.2, 0) is 6.42 Å². The molecule has 1 aromatic carbocycles. The van der Waals surface area contributed by atoms with Gasteiger partial charge in [0.1, 0.15) is 12.1 Å². The van der Waals surface area contributed by atoms with E-state index in [1.54, 1.807) is 0 Å². The number of halogens is 3. The summed E-state index contributed by atoms with van der Waals surface area (Å²) in [4.78, 5) is 7.77. The lowest BCUT2D eigenvalue weighted by atomic mass is 10.0. The molecular weight excluding hydrogens is 255 g/mol. The van der Waals surface area contributed by atoms with Gasteiger partial charge in [-0.3, -0.25) is 0 Å². The van der Waals surface area contributed by atoms with Crippen molar-refractivity contribution in [2.24, 2.45) is 0 Å². The normalized spacial score (nSPS) is 10.7. The predicted molar refractivity (Wildman–Crippen MR) is 65.7 cm³/mol. The maximum Gasteiger partial charge on any atom is 0.195 e. The van der Waals surface area contributed by atoms with Crippen molar-refractivity contribution in [3.63, 3.8) is 0 Å². The van der Waals surface area contributed by atoms with Crippen molar-refractivity contribution < 1.29 is 13.2 Å². The van der Waals surface area contributed by atoms with Gasteiger partial charge in [-0.1, -0.05) is 13.3 Å². The molecular formula is C13H12F3N3. The molecule has 0 atom stereocenters. The Hall–Kier alpha value is -2.11. The highest BCUT2D eigenvalue weighted by molar-refractivity contribution is 5.68. The zero-order valence-corrected chi connectivity index (χ0v) is 10.3. The molecule has 0 aliphatic heterocycles. The van der Waals surface area contributed by atoms with Gasteiger partial charge in [0.05, 0.1) is 5.69 Å². The summed E-state index contributed by atoms with van der Waals surface area (Å²) in [5, 5.41) is 0. The van der Waals surface area contributed by atoms with E-state index < -0.39 is 17.5 Å². The van der Waals surface area contributed by atoms with Crippen LogP contribution in [0.3, 0.4) is 0 Å². The lowest BCUT2D eigenvalue weighted by Crippen LogP contribution is -2.04. The molecule has 0 bridgehead atoms. The molecule has 0 aliphatic carbocycles. The van der Waals surface area contributed by atoms with E-state index in [4.69, 9.17) is 5.73 Å². The zero-order chi connectivity index (χ0) is 14.0. The number of nitrogen functional groups attached to an aromatic ring is 1. The van der Waals surface area contributed by atoms with E-state index in [-0.39, 0.29) is 17.1 Å². The number of hydrogen-bond donors (Lipinski definition) is 1. The summed E-state index contributed by atoms with van der Waals surface area (Å²) in [5.74, 6) is -3.80. The summed E-state index contributed by atoms with van der Waals surface area (Å²) in [5.41, 5.74) is 6.34. The maximum absolute atomic E-state index is 13.8. The third-order valence-corrected chi connectivity index (χ3v) is 2.77. The van der Waals surface area contributed by atoms with Crippen molar-refractivity contribution in [2.45, 2.75) is 19.8 Å². The Bertz CT molecular complexity index is 614. The minimum Gasteiger partial charge on any atom is -0.383 e. The van der Waals surface area contributed by atoms with Gasteiger partial charge in [-0.05, 0) is 18.6 Å². The minimum absolute atomic E-state index is 0.114. The molecule has 0 unspecified atom stereocenters. The quantitative estimate of drug-likeness (QED) is 0.869. The van der Waals surface area contributed by atoms with E-state index in [0.717, 1.165) is 18.6 Å². The van der Waals surface area contributed by atoms with E-state index in [1.807, 2.05) is 6.92 Å². The molecule has 0 radical (unpaired) electrons. The molecule has 1 aromatic heterocycles. The second-order valence-electron chi connectivity index (χ2n) is 4.06. The van der Waals surface area contributed by atoms with E-state index in [0.29, 0.717) is 12.0 Å². The van der Waals surface area contributed by atoms with Crippen molar-refractivity contribution in [1.29, 1.82) is 0 Å². The van der Waals surface area contributed by atoms with Crippen LogP contribution in [0, 0.1) is 17.5 Å². The van der Waals surface area contributed by atoms with Crippen LogP contribution in [0.15, 0.2) is 18.5 Å². The number of benzene rings is 1. The molecule has 0 amide bonds. The topological polar surface area (TPSA) is 51.8 Å². The van der Waals surface area contributed by atoms with Crippen LogP contribution in [0.4, 0.5) is 19.0 Å². The van der Waals surface area contributed by atoms with Crippen molar-refractivity contribution in [3.8, 4) is 11.3 Å². The minimum atomic E-state index is -1.52. The molecule has 0 spiro atoms. The first-order chi connectivity index (χ1) is 9.06. The van der Waals surface area contributed by atoms with Gasteiger partial charge in [0.25, 0.3) is 0 Å². The maximum atomic E-state index is 13.8. The van der Waals surface area contributed by atoms with Crippen molar-refractivity contribution in [2.75, 3.05) is 5.73 Å². The van der Waals surface area contributed by atoms with Crippen LogP contribution in [0.1, 0.15) is 18.9 Å². The van der Waals surface area contributed by atoms with Gasteiger partial charge in [0, 0.05) is 11.1 Å². The van der Waals surface area contributed by atoms with Crippen molar-refractivity contribution >= 4 is 5.82 Å². The summed E-state index contributed by atoms with van der Waals surface area (Å²) in [7, 11) is 0. The lowest BCUT2D eigenvalue weighted by molar-refractivity contribution is 0.448. The molecule has 0 aliphatic rings. The molecule has 6 heteroatoms. The van der Waals surface area contributed by atoms with E-state index in [2.05, 4.69) is 9.97 Å². The van der Waals surface area contributed by atoms with Crippen LogP contribution in [0.25, 0.3) is 11.3 Å². The fourth-order valence-corrected chi connectivity index (χ4v) is 1.86. The SMILES string of the molecule is CCCc1c(N)ncnc1-c1ccc(F)c(F)c1F. The summed E-state index contributed by atoms with van der Waals surface area (Å²) in [6.45, 7) is 1.91. The highest BCUT2D eigenvalue weighted by atomic mass is 19.2. The van der Waals surface area contributed by atoms with E-state index >= 15 is 0 Å². The van der Waals surface area contributed by atoms with E-state index in [9.17, 15) is 13.2 Å². The lowest BCUT2D eigenvalue weighted by Gasteiger charge is -2.11. The molecule has 0 saturated carbocycles. The number of rotatable bonds is 3. The summed E-state index contributed by atoms with van der Waals surface area (Å²) in [6.07, 6.45) is 2.45. The van der Waals surface area contributed by atoms with Gasteiger partial charge in [0.15, 0.2) is 17.5 Å². The summed E-state index contributed by atoms with van der Waals surface area (Å²) < 4.78 is 40.0. The van der Waals surface area contributed by atoms with Gasteiger partial charge in [-0.2, -0.15) is 0 Å².